The Morgan fingerprint density at radius 1 is 0.625 bits per heavy atom. The molecule has 1 saturated heterocycles. The van der Waals surface area contributed by atoms with Gasteiger partial charge in [-0.2, -0.15) is 0 Å². The van der Waals surface area contributed by atoms with Crippen molar-refractivity contribution in [3.63, 3.8) is 0 Å². The largest absolute Gasteiger partial charge is 0.321 e. The van der Waals surface area contributed by atoms with Crippen LogP contribution in [0.3, 0.4) is 0 Å². The Morgan fingerprint density at radius 2 is 1.12 bits per heavy atom. The third kappa shape index (κ3) is 2.24. The highest BCUT2D eigenvalue weighted by molar-refractivity contribution is 6.58. The zero-order valence-electron chi connectivity index (χ0n) is 10.7. The highest BCUT2D eigenvalue weighted by Gasteiger charge is 2.37. The van der Waals surface area contributed by atoms with Crippen LogP contribution in [0.1, 0.15) is 64.2 Å². The van der Waals surface area contributed by atoms with Gasteiger partial charge in [-0.15, -0.1) is 0 Å². The fourth-order valence-electron chi connectivity index (χ4n) is 4.16. The van der Waals surface area contributed by atoms with Crippen molar-refractivity contribution in [3.05, 3.63) is 0 Å². The summed E-state index contributed by atoms with van der Waals surface area (Å²) in [5, 5.41) is 0. The quantitative estimate of drug-likeness (QED) is 0.677. The van der Waals surface area contributed by atoms with Crippen LogP contribution in [0.25, 0.3) is 0 Å². The third-order valence-electron chi connectivity index (χ3n) is 5.24. The molecule has 0 aromatic carbocycles. The van der Waals surface area contributed by atoms with Gasteiger partial charge in [-0.1, -0.05) is 38.5 Å². The van der Waals surface area contributed by atoms with Crippen molar-refractivity contribution in [1.29, 1.82) is 0 Å². The minimum atomic E-state index is -0.409. The lowest BCUT2D eigenvalue weighted by Crippen LogP contribution is -2.54. The first kappa shape index (κ1) is 11.3. The molecule has 0 unspecified atom stereocenters. The second-order valence-electron chi connectivity index (χ2n) is 6.26. The minimum absolute atomic E-state index is 0.409. The first-order valence-electron chi connectivity index (χ1n) is 7.72. The fourth-order valence-corrected chi connectivity index (χ4v) is 7.32. The Bertz CT molecular complexity index is 215. The second kappa shape index (κ2) is 5.22. The Balaban J connectivity index is 1.66. The summed E-state index contributed by atoms with van der Waals surface area (Å²) in [6.07, 6.45) is 15.3. The summed E-state index contributed by atoms with van der Waals surface area (Å²) in [6.45, 7) is 0. The SMILES string of the molecule is C1CCC(N(C2CCCC2)[SiH]2CCC2)CC1. The summed E-state index contributed by atoms with van der Waals surface area (Å²) in [4.78, 5) is 0. The lowest BCUT2D eigenvalue weighted by molar-refractivity contribution is 0.194. The molecule has 0 bridgehead atoms. The van der Waals surface area contributed by atoms with E-state index in [4.69, 9.17) is 0 Å². The van der Waals surface area contributed by atoms with Gasteiger partial charge in [0.2, 0.25) is 0 Å². The van der Waals surface area contributed by atoms with Crippen molar-refractivity contribution < 1.29 is 0 Å². The first-order valence-corrected chi connectivity index (χ1v) is 9.87. The van der Waals surface area contributed by atoms with E-state index in [9.17, 15) is 0 Å². The summed E-state index contributed by atoms with van der Waals surface area (Å²) in [6, 6.07) is 5.37. The van der Waals surface area contributed by atoms with Crippen LogP contribution in [-0.4, -0.2) is 25.6 Å². The van der Waals surface area contributed by atoms with Gasteiger partial charge in [0, 0.05) is 12.1 Å². The molecular formula is C14H27NSi. The molecule has 0 N–H and O–H groups in total. The van der Waals surface area contributed by atoms with E-state index in [-0.39, 0.29) is 0 Å². The van der Waals surface area contributed by atoms with Crippen molar-refractivity contribution in [2.45, 2.75) is 88.4 Å². The predicted octanol–water partition coefficient (Wildman–Crippen LogP) is 3.69. The molecule has 1 heterocycles. The van der Waals surface area contributed by atoms with Crippen LogP contribution in [0.2, 0.25) is 12.1 Å². The molecule has 3 rings (SSSR count). The van der Waals surface area contributed by atoms with Gasteiger partial charge in [0.1, 0.15) is 8.96 Å². The van der Waals surface area contributed by atoms with Crippen LogP contribution in [0.15, 0.2) is 0 Å². The van der Waals surface area contributed by atoms with Crippen molar-refractivity contribution in [2.75, 3.05) is 0 Å². The molecule has 1 aliphatic heterocycles. The van der Waals surface area contributed by atoms with Crippen LogP contribution in [0.5, 0.6) is 0 Å². The summed E-state index contributed by atoms with van der Waals surface area (Å²) in [5.74, 6) is 0. The summed E-state index contributed by atoms with van der Waals surface area (Å²) in [5.41, 5.74) is 0. The van der Waals surface area contributed by atoms with Crippen LogP contribution in [-0.2, 0) is 0 Å². The first-order chi connectivity index (χ1) is 7.95. The maximum Gasteiger partial charge on any atom is 0.112 e. The molecule has 0 atom stereocenters. The topological polar surface area (TPSA) is 3.24 Å². The summed E-state index contributed by atoms with van der Waals surface area (Å²) < 4.78 is 3.15. The normalized spacial score (nSPS) is 29.8. The van der Waals surface area contributed by atoms with Gasteiger partial charge < -0.3 is 4.57 Å². The van der Waals surface area contributed by atoms with Gasteiger partial charge in [0.25, 0.3) is 0 Å². The van der Waals surface area contributed by atoms with Gasteiger partial charge in [-0.25, -0.2) is 0 Å². The molecule has 2 heteroatoms. The van der Waals surface area contributed by atoms with E-state index < -0.39 is 8.96 Å². The maximum atomic E-state index is 3.15. The molecular weight excluding hydrogens is 210 g/mol. The lowest BCUT2D eigenvalue weighted by Gasteiger charge is -2.47. The molecule has 3 aliphatic rings. The fraction of sp³-hybridized carbons (Fsp3) is 1.00. The Kier molecular flexibility index (Phi) is 3.68. The van der Waals surface area contributed by atoms with Gasteiger partial charge in [0.15, 0.2) is 0 Å². The lowest BCUT2D eigenvalue weighted by atomic mass is 9.94. The Hall–Kier alpha value is 0.177. The summed E-state index contributed by atoms with van der Waals surface area (Å²) in [7, 11) is -0.409. The predicted molar refractivity (Wildman–Crippen MR) is 72.3 cm³/mol. The number of nitrogens with zero attached hydrogens (tertiary/aromatic N) is 1. The zero-order valence-corrected chi connectivity index (χ0v) is 11.8. The van der Waals surface area contributed by atoms with E-state index in [0.717, 1.165) is 12.1 Å². The molecule has 92 valence electrons. The van der Waals surface area contributed by atoms with Crippen LogP contribution < -0.4 is 0 Å². The number of hydrogen-bond acceptors (Lipinski definition) is 1. The van der Waals surface area contributed by atoms with Crippen LogP contribution in [0.4, 0.5) is 0 Å². The molecule has 0 spiro atoms. The highest BCUT2D eigenvalue weighted by Crippen LogP contribution is 2.36. The molecule has 2 aliphatic carbocycles. The number of hydrogen-bond donors (Lipinski definition) is 0. The Morgan fingerprint density at radius 3 is 1.56 bits per heavy atom. The van der Waals surface area contributed by atoms with Crippen molar-refractivity contribution in [3.8, 4) is 0 Å². The van der Waals surface area contributed by atoms with Crippen molar-refractivity contribution in [2.24, 2.45) is 0 Å². The highest BCUT2D eigenvalue weighted by atomic mass is 28.3. The summed E-state index contributed by atoms with van der Waals surface area (Å²) >= 11 is 0. The zero-order chi connectivity index (χ0) is 10.8. The average molecular weight is 237 g/mol. The van der Waals surface area contributed by atoms with E-state index in [1.54, 1.807) is 44.2 Å². The van der Waals surface area contributed by atoms with Gasteiger partial charge in [-0.3, -0.25) is 0 Å². The molecule has 0 aromatic heterocycles. The van der Waals surface area contributed by atoms with Gasteiger partial charge in [-0.05, 0) is 37.8 Å². The van der Waals surface area contributed by atoms with E-state index in [1.165, 1.54) is 32.1 Å². The molecule has 0 radical (unpaired) electrons. The monoisotopic (exact) mass is 237 g/mol. The molecule has 16 heavy (non-hydrogen) atoms. The smallest absolute Gasteiger partial charge is 0.112 e. The molecule has 0 amide bonds. The molecule has 1 nitrogen and oxygen atoms in total. The van der Waals surface area contributed by atoms with E-state index in [0.29, 0.717) is 0 Å². The van der Waals surface area contributed by atoms with Crippen LogP contribution in [0, 0.1) is 0 Å². The third-order valence-corrected chi connectivity index (χ3v) is 9.07. The average Bonchev–Trinajstić information content (AvgIpc) is 2.77. The van der Waals surface area contributed by atoms with Gasteiger partial charge in [0.05, 0.1) is 0 Å². The van der Waals surface area contributed by atoms with E-state index in [2.05, 4.69) is 4.57 Å². The standard InChI is InChI=1S/C14H27NSi/c1-2-7-13(8-3-1)15(16-11-6-12-16)14-9-4-5-10-14/h13-14,16H,1-12H2. The van der Waals surface area contributed by atoms with Crippen LogP contribution >= 0.6 is 0 Å². The molecule has 3 fully saturated rings. The second-order valence-corrected chi connectivity index (χ2v) is 9.32. The maximum absolute atomic E-state index is 3.15. The van der Waals surface area contributed by atoms with Crippen molar-refractivity contribution in [1.82, 2.24) is 4.57 Å². The van der Waals surface area contributed by atoms with Gasteiger partial charge >= 0.3 is 0 Å². The Labute approximate surface area is 102 Å². The van der Waals surface area contributed by atoms with E-state index in [1.807, 2.05) is 0 Å². The molecule has 0 aromatic rings. The van der Waals surface area contributed by atoms with E-state index >= 15 is 0 Å². The molecule has 2 saturated carbocycles. The minimum Gasteiger partial charge on any atom is -0.321 e. The number of rotatable bonds is 3. The van der Waals surface area contributed by atoms with Crippen molar-refractivity contribution >= 4 is 8.96 Å².